The molecular weight excluding hydrogens is 434 g/mol. The minimum absolute atomic E-state index is 0.0173. The van der Waals surface area contributed by atoms with Crippen molar-refractivity contribution in [2.75, 3.05) is 24.7 Å². The third-order valence-electron chi connectivity index (χ3n) is 4.47. The molecule has 2 heterocycles. The summed E-state index contributed by atoms with van der Waals surface area (Å²) in [5.41, 5.74) is 1.06. The molecule has 0 aliphatic carbocycles. The number of hydrogen-bond donors (Lipinski definition) is 1. The maximum absolute atomic E-state index is 12.6. The van der Waals surface area contributed by atoms with Crippen molar-refractivity contribution in [1.29, 1.82) is 0 Å². The summed E-state index contributed by atoms with van der Waals surface area (Å²) in [6.45, 7) is 3.35. The highest BCUT2D eigenvalue weighted by Crippen LogP contribution is 2.31. The maximum Gasteiger partial charge on any atom is 0.342 e. The van der Waals surface area contributed by atoms with Crippen LogP contribution in [0.2, 0.25) is 5.02 Å². The number of rotatable bonds is 5. The Kier molecular flexibility index (Phi) is 6.18. The van der Waals surface area contributed by atoms with Gasteiger partial charge in [0.1, 0.15) is 11.3 Å². The van der Waals surface area contributed by atoms with Crippen LogP contribution in [0.25, 0.3) is 0 Å². The lowest BCUT2D eigenvalue weighted by Gasteiger charge is -2.28. The first kappa shape index (κ1) is 21.8. The molecule has 1 N–H and O–H groups in total. The van der Waals surface area contributed by atoms with Crippen LogP contribution in [-0.4, -0.2) is 56.5 Å². The number of benzene rings is 1. The molecule has 1 aromatic rings. The van der Waals surface area contributed by atoms with E-state index in [0.717, 1.165) is 5.56 Å². The standard InChI is InChI=1S/C19H20ClN3O6S/c1-11-9-15(16(28-3)10-14(11)20)21-18(24)12(2)29-19(25)13-5-4-6-23-7-8-30(26,27)22-17(13)23/h4-6,9-10,12H,7-8H2,1-3H3,(H,21,24)/t12-/m0/s1. The monoisotopic (exact) mass is 453 g/mol. The number of anilines is 1. The summed E-state index contributed by atoms with van der Waals surface area (Å²) in [7, 11) is -2.22. The summed E-state index contributed by atoms with van der Waals surface area (Å²) in [6, 6.07) is 3.21. The Hall–Kier alpha value is -2.85. The number of amidine groups is 1. The van der Waals surface area contributed by atoms with E-state index >= 15 is 0 Å². The van der Waals surface area contributed by atoms with Crippen molar-refractivity contribution < 1.29 is 27.5 Å². The van der Waals surface area contributed by atoms with Crippen molar-refractivity contribution in [2.24, 2.45) is 4.40 Å². The summed E-state index contributed by atoms with van der Waals surface area (Å²) in [5, 5.41) is 3.12. The Morgan fingerprint density at radius 3 is 2.77 bits per heavy atom. The molecule has 9 nitrogen and oxygen atoms in total. The maximum atomic E-state index is 12.6. The van der Waals surface area contributed by atoms with Crippen LogP contribution in [0.3, 0.4) is 0 Å². The lowest BCUT2D eigenvalue weighted by molar-refractivity contribution is -0.148. The highest BCUT2D eigenvalue weighted by atomic mass is 35.5. The van der Waals surface area contributed by atoms with Crippen LogP contribution in [0.4, 0.5) is 5.69 Å². The third-order valence-corrected chi connectivity index (χ3v) is 6.03. The summed E-state index contributed by atoms with van der Waals surface area (Å²) in [5.74, 6) is -1.26. The number of esters is 1. The number of carbonyl (C=O) groups is 2. The quantitative estimate of drug-likeness (QED) is 0.678. The number of methoxy groups -OCH3 is 1. The molecule has 0 saturated carbocycles. The average Bonchev–Trinajstić information content (AvgIpc) is 2.69. The van der Waals surface area contributed by atoms with Crippen LogP contribution in [0, 0.1) is 6.92 Å². The number of sulfonamides is 1. The molecule has 0 bridgehead atoms. The highest BCUT2D eigenvalue weighted by Gasteiger charge is 2.32. The molecule has 11 heteroatoms. The van der Waals surface area contributed by atoms with E-state index in [1.807, 2.05) is 0 Å². The number of ether oxygens (including phenoxy) is 2. The Labute approximate surface area is 179 Å². The SMILES string of the molecule is COc1cc(Cl)c(C)cc1NC(=O)[C@H](C)OC(=O)C1=CC=CN2CCS(=O)(=O)N=C12. The number of fused-ring (bicyclic) bond motifs is 1. The van der Waals surface area contributed by atoms with Gasteiger partial charge in [-0.2, -0.15) is 0 Å². The smallest absolute Gasteiger partial charge is 0.342 e. The van der Waals surface area contributed by atoms with E-state index in [0.29, 0.717) is 16.5 Å². The van der Waals surface area contributed by atoms with Crippen molar-refractivity contribution >= 4 is 45.0 Å². The van der Waals surface area contributed by atoms with Crippen molar-refractivity contribution in [3.63, 3.8) is 0 Å². The number of aryl methyl sites for hydroxylation is 1. The van der Waals surface area contributed by atoms with Crippen molar-refractivity contribution in [3.05, 3.63) is 46.6 Å². The Bertz CT molecular complexity index is 1090. The first-order chi connectivity index (χ1) is 14.1. The van der Waals surface area contributed by atoms with Crippen LogP contribution in [0.5, 0.6) is 5.75 Å². The van der Waals surface area contributed by atoms with E-state index in [2.05, 4.69) is 9.71 Å². The zero-order valence-electron chi connectivity index (χ0n) is 16.5. The fourth-order valence-corrected chi connectivity index (χ4v) is 3.96. The zero-order chi connectivity index (χ0) is 22.1. The molecule has 0 spiro atoms. The van der Waals surface area contributed by atoms with E-state index in [1.54, 1.807) is 36.2 Å². The van der Waals surface area contributed by atoms with Gasteiger partial charge < -0.3 is 19.7 Å². The van der Waals surface area contributed by atoms with Gasteiger partial charge in [-0.15, -0.1) is 4.40 Å². The van der Waals surface area contributed by atoms with Gasteiger partial charge >= 0.3 is 5.97 Å². The Morgan fingerprint density at radius 2 is 2.07 bits per heavy atom. The average molecular weight is 454 g/mol. The number of allylic oxidation sites excluding steroid dienone is 2. The van der Waals surface area contributed by atoms with Gasteiger partial charge in [-0.05, 0) is 37.6 Å². The molecule has 3 rings (SSSR count). The summed E-state index contributed by atoms with van der Waals surface area (Å²) in [4.78, 5) is 26.7. The molecule has 1 atom stereocenters. The number of nitrogens with zero attached hydrogens (tertiary/aromatic N) is 2. The van der Waals surface area contributed by atoms with Gasteiger partial charge in [0.05, 0.1) is 18.6 Å². The van der Waals surface area contributed by atoms with Crippen molar-refractivity contribution in [1.82, 2.24) is 4.90 Å². The lowest BCUT2D eigenvalue weighted by Crippen LogP contribution is -2.41. The number of carbonyl (C=O) groups excluding carboxylic acids is 2. The van der Waals surface area contributed by atoms with Gasteiger partial charge in [0, 0.05) is 23.8 Å². The first-order valence-electron chi connectivity index (χ1n) is 8.95. The molecule has 2 aliphatic heterocycles. The van der Waals surface area contributed by atoms with Crippen LogP contribution in [-0.2, 0) is 24.3 Å². The highest BCUT2D eigenvalue weighted by molar-refractivity contribution is 7.90. The van der Waals surface area contributed by atoms with E-state index in [4.69, 9.17) is 21.1 Å². The minimum Gasteiger partial charge on any atom is -0.495 e. The van der Waals surface area contributed by atoms with Crippen LogP contribution in [0.15, 0.2) is 40.5 Å². The number of amides is 1. The van der Waals surface area contributed by atoms with Crippen LogP contribution < -0.4 is 10.1 Å². The Balaban J connectivity index is 1.74. The molecule has 1 amide bonds. The molecule has 0 aromatic heterocycles. The van der Waals surface area contributed by atoms with Gasteiger partial charge in [-0.1, -0.05) is 11.6 Å². The molecule has 0 unspecified atom stereocenters. The Morgan fingerprint density at radius 1 is 1.33 bits per heavy atom. The van der Waals surface area contributed by atoms with Crippen molar-refractivity contribution in [2.45, 2.75) is 20.0 Å². The summed E-state index contributed by atoms with van der Waals surface area (Å²) >= 11 is 6.06. The van der Waals surface area contributed by atoms with E-state index < -0.39 is 28.0 Å². The fourth-order valence-electron chi connectivity index (χ4n) is 2.82. The molecule has 1 aromatic carbocycles. The number of hydrogen-bond acceptors (Lipinski definition) is 7. The van der Waals surface area contributed by atoms with E-state index in [1.165, 1.54) is 20.1 Å². The lowest BCUT2D eigenvalue weighted by atomic mass is 10.1. The largest absolute Gasteiger partial charge is 0.495 e. The predicted octanol–water partition coefficient (Wildman–Crippen LogP) is 2.02. The summed E-state index contributed by atoms with van der Waals surface area (Å²) < 4.78 is 37.8. The molecule has 0 radical (unpaired) electrons. The van der Waals surface area contributed by atoms with E-state index in [-0.39, 0.29) is 23.7 Å². The van der Waals surface area contributed by atoms with E-state index in [9.17, 15) is 18.0 Å². The second-order valence-electron chi connectivity index (χ2n) is 6.65. The predicted molar refractivity (Wildman–Crippen MR) is 112 cm³/mol. The topological polar surface area (TPSA) is 114 Å². The van der Waals surface area contributed by atoms with Crippen LogP contribution in [0.1, 0.15) is 12.5 Å². The minimum atomic E-state index is -3.66. The van der Waals surface area contributed by atoms with Gasteiger partial charge in [0.25, 0.3) is 15.9 Å². The van der Waals surface area contributed by atoms with Gasteiger partial charge in [-0.3, -0.25) is 4.79 Å². The molecule has 0 fully saturated rings. The number of halogens is 1. The number of nitrogens with one attached hydrogen (secondary N) is 1. The second kappa shape index (κ2) is 8.49. The molecule has 160 valence electrons. The van der Waals surface area contributed by atoms with Gasteiger partial charge in [0.15, 0.2) is 11.9 Å². The van der Waals surface area contributed by atoms with Gasteiger partial charge in [0.2, 0.25) is 0 Å². The molecule has 2 aliphatic rings. The first-order valence-corrected chi connectivity index (χ1v) is 10.9. The normalized spacial score (nSPS) is 17.9. The zero-order valence-corrected chi connectivity index (χ0v) is 18.1. The molecule has 0 saturated heterocycles. The fraction of sp³-hybridized carbons (Fsp3) is 0.316. The van der Waals surface area contributed by atoms with Crippen molar-refractivity contribution in [3.8, 4) is 5.75 Å². The second-order valence-corrected chi connectivity index (χ2v) is 8.82. The van der Waals surface area contributed by atoms with Crippen LogP contribution >= 0.6 is 11.6 Å². The third kappa shape index (κ3) is 4.65. The molecule has 30 heavy (non-hydrogen) atoms. The van der Waals surface area contributed by atoms with Gasteiger partial charge in [-0.25, -0.2) is 13.2 Å². The molecular formula is C19H20ClN3O6S. The summed E-state index contributed by atoms with van der Waals surface area (Å²) in [6.07, 6.45) is 3.43.